The molecule has 0 atom stereocenters. The van der Waals surface area contributed by atoms with E-state index in [9.17, 15) is 0 Å². The minimum Gasteiger partial charge on any atom is -0.384 e. The molecule has 0 aliphatic carbocycles. The fourth-order valence-electron chi connectivity index (χ4n) is 1.46. The van der Waals surface area contributed by atoms with Crippen LogP contribution in [-0.4, -0.2) is 38.8 Å². The number of rotatable bonds is 2. The number of hydrogen-bond acceptors (Lipinski definition) is 2. The van der Waals surface area contributed by atoms with Crippen LogP contribution in [0.3, 0.4) is 0 Å². The van der Waals surface area contributed by atoms with Gasteiger partial charge in [-0.1, -0.05) is 41.5 Å². The van der Waals surface area contributed by atoms with E-state index in [1.165, 1.54) is 25.9 Å². The van der Waals surface area contributed by atoms with Crippen molar-refractivity contribution < 1.29 is 4.74 Å². The highest BCUT2D eigenvalue weighted by atomic mass is 16.5. The first-order valence-electron chi connectivity index (χ1n) is 7.00. The van der Waals surface area contributed by atoms with Crippen LogP contribution in [0.15, 0.2) is 0 Å². The van der Waals surface area contributed by atoms with E-state index < -0.39 is 0 Å². The molecule has 0 aromatic heterocycles. The highest BCUT2D eigenvalue weighted by Crippen LogP contribution is 2.15. The van der Waals surface area contributed by atoms with Gasteiger partial charge in [-0.2, -0.15) is 0 Å². The van der Waals surface area contributed by atoms with Crippen LogP contribution in [0, 0.1) is 5.92 Å². The summed E-state index contributed by atoms with van der Waals surface area (Å²) in [4.78, 5) is 2.38. The largest absolute Gasteiger partial charge is 0.384 e. The van der Waals surface area contributed by atoms with Crippen molar-refractivity contribution in [2.24, 2.45) is 5.92 Å². The van der Waals surface area contributed by atoms with Crippen molar-refractivity contribution in [3.63, 3.8) is 0 Å². The first-order valence-corrected chi connectivity index (χ1v) is 7.00. The molecule has 1 heterocycles. The molecule has 0 aromatic rings. The van der Waals surface area contributed by atoms with E-state index in [1.54, 1.807) is 7.11 Å². The summed E-state index contributed by atoms with van der Waals surface area (Å²) in [6, 6.07) is 0. The molecule has 0 N–H and O–H groups in total. The third-order valence-corrected chi connectivity index (χ3v) is 2.24. The Kier molecular flexibility index (Phi) is 27.0. The maximum absolute atomic E-state index is 5.10. The predicted octanol–water partition coefficient (Wildman–Crippen LogP) is 4.05. The van der Waals surface area contributed by atoms with Crippen LogP contribution < -0.4 is 0 Å². The summed E-state index contributed by atoms with van der Waals surface area (Å²) in [5.41, 5.74) is 0. The number of ether oxygens (including phenoxy) is 1. The van der Waals surface area contributed by atoms with E-state index in [1.807, 2.05) is 41.5 Å². The Morgan fingerprint density at radius 2 is 1.31 bits per heavy atom. The zero-order valence-corrected chi connectivity index (χ0v) is 13.0. The molecule has 0 radical (unpaired) electrons. The predicted molar refractivity (Wildman–Crippen MR) is 76.1 cm³/mol. The molecule has 0 unspecified atom stereocenters. The van der Waals surface area contributed by atoms with Gasteiger partial charge in [0, 0.05) is 13.7 Å². The molecule has 1 fully saturated rings. The van der Waals surface area contributed by atoms with Crippen LogP contribution in [0.1, 0.15) is 54.4 Å². The van der Waals surface area contributed by atoms with Crippen LogP contribution in [0.4, 0.5) is 0 Å². The third kappa shape index (κ3) is 13.9. The van der Waals surface area contributed by atoms with Crippen LogP contribution >= 0.6 is 0 Å². The van der Waals surface area contributed by atoms with Gasteiger partial charge in [-0.3, -0.25) is 0 Å². The molecule has 0 amide bonds. The van der Waals surface area contributed by atoms with Gasteiger partial charge in [-0.15, -0.1) is 0 Å². The van der Waals surface area contributed by atoms with Crippen molar-refractivity contribution in [2.45, 2.75) is 54.4 Å². The fourth-order valence-corrected chi connectivity index (χ4v) is 1.46. The van der Waals surface area contributed by atoms with Crippen LogP contribution in [-0.2, 0) is 4.74 Å². The molecule has 2 nitrogen and oxygen atoms in total. The molecule has 0 aromatic carbocycles. The van der Waals surface area contributed by atoms with Crippen LogP contribution in [0.2, 0.25) is 0 Å². The number of methoxy groups -OCH3 is 1. The topological polar surface area (TPSA) is 12.5 Å². The summed E-state index contributed by atoms with van der Waals surface area (Å²) in [7, 11) is 3.97. The number of piperidine rings is 1. The SMILES string of the molecule is CC.CC.CC.COCC1CCN(C)CC1. The van der Waals surface area contributed by atoms with E-state index >= 15 is 0 Å². The highest BCUT2D eigenvalue weighted by molar-refractivity contribution is 4.68. The monoisotopic (exact) mass is 233 g/mol. The van der Waals surface area contributed by atoms with Crippen molar-refractivity contribution >= 4 is 0 Å². The molecule has 0 bridgehead atoms. The molecule has 0 spiro atoms. The fraction of sp³-hybridized carbons (Fsp3) is 1.00. The van der Waals surface area contributed by atoms with Gasteiger partial charge in [-0.25, -0.2) is 0 Å². The maximum Gasteiger partial charge on any atom is 0.0491 e. The Bertz CT molecular complexity index is 88.7. The summed E-state index contributed by atoms with van der Waals surface area (Å²) in [6.45, 7) is 15.4. The Balaban J connectivity index is -0.000000245. The van der Waals surface area contributed by atoms with E-state index in [0.29, 0.717) is 0 Å². The maximum atomic E-state index is 5.10. The lowest BCUT2D eigenvalue weighted by atomic mass is 9.98. The first kappa shape index (κ1) is 21.2. The number of hydrogen-bond donors (Lipinski definition) is 0. The smallest absolute Gasteiger partial charge is 0.0491 e. The summed E-state index contributed by atoms with van der Waals surface area (Å²) < 4.78 is 5.10. The standard InChI is InChI=1S/C8H17NO.3C2H6/c1-9-5-3-8(4-6-9)7-10-2;3*1-2/h8H,3-7H2,1-2H3;3*1-2H3. The minimum absolute atomic E-state index is 0.821. The second-order valence-corrected chi connectivity index (χ2v) is 3.20. The van der Waals surface area contributed by atoms with Crippen molar-refractivity contribution in [3.05, 3.63) is 0 Å². The average Bonchev–Trinajstić information content (AvgIpc) is 2.40. The number of likely N-dealkylation sites (tertiary alicyclic amines) is 1. The van der Waals surface area contributed by atoms with Gasteiger partial charge in [0.25, 0.3) is 0 Å². The van der Waals surface area contributed by atoms with Gasteiger partial charge in [-0.05, 0) is 38.9 Å². The van der Waals surface area contributed by atoms with Crippen molar-refractivity contribution in [2.75, 3.05) is 33.9 Å². The first-order chi connectivity index (χ1) is 7.83. The Hall–Kier alpha value is -0.0800. The Labute approximate surface area is 104 Å². The van der Waals surface area contributed by atoms with Gasteiger partial charge in [0.1, 0.15) is 0 Å². The highest BCUT2D eigenvalue weighted by Gasteiger charge is 2.15. The molecule has 1 saturated heterocycles. The van der Waals surface area contributed by atoms with Crippen LogP contribution in [0.25, 0.3) is 0 Å². The van der Waals surface area contributed by atoms with E-state index in [2.05, 4.69) is 11.9 Å². The average molecular weight is 233 g/mol. The molecular formula is C14H35NO. The van der Waals surface area contributed by atoms with Gasteiger partial charge in [0.05, 0.1) is 0 Å². The lowest BCUT2D eigenvalue weighted by Gasteiger charge is -2.28. The van der Waals surface area contributed by atoms with Crippen LogP contribution in [0.5, 0.6) is 0 Å². The van der Waals surface area contributed by atoms with Gasteiger partial charge in [0.15, 0.2) is 0 Å². The molecule has 1 rings (SSSR count). The zero-order valence-electron chi connectivity index (χ0n) is 13.0. The van der Waals surface area contributed by atoms with E-state index in [-0.39, 0.29) is 0 Å². The Morgan fingerprint density at radius 3 is 1.62 bits per heavy atom. The van der Waals surface area contributed by atoms with Crippen molar-refractivity contribution in [1.82, 2.24) is 4.90 Å². The van der Waals surface area contributed by atoms with Gasteiger partial charge in [0.2, 0.25) is 0 Å². The lowest BCUT2D eigenvalue weighted by molar-refractivity contribution is 0.109. The molecule has 0 saturated carbocycles. The quantitative estimate of drug-likeness (QED) is 0.713. The molecule has 102 valence electrons. The second kappa shape index (κ2) is 20.3. The van der Waals surface area contributed by atoms with Crippen molar-refractivity contribution in [1.29, 1.82) is 0 Å². The summed E-state index contributed by atoms with van der Waals surface area (Å²) in [6.07, 6.45) is 2.62. The number of nitrogens with zero attached hydrogens (tertiary/aromatic N) is 1. The summed E-state index contributed by atoms with van der Waals surface area (Å²) >= 11 is 0. The summed E-state index contributed by atoms with van der Waals surface area (Å²) in [5, 5.41) is 0. The zero-order chi connectivity index (χ0) is 13.4. The molecule has 1 aliphatic heterocycles. The normalized spacial score (nSPS) is 15.8. The Morgan fingerprint density at radius 1 is 0.938 bits per heavy atom. The molecule has 1 aliphatic rings. The molecular weight excluding hydrogens is 198 g/mol. The van der Waals surface area contributed by atoms with Gasteiger partial charge < -0.3 is 9.64 Å². The van der Waals surface area contributed by atoms with E-state index in [4.69, 9.17) is 4.74 Å². The lowest BCUT2D eigenvalue weighted by Crippen LogP contribution is -2.31. The second-order valence-electron chi connectivity index (χ2n) is 3.20. The van der Waals surface area contributed by atoms with E-state index in [0.717, 1.165) is 12.5 Å². The van der Waals surface area contributed by atoms with Gasteiger partial charge >= 0.3 is 0 Å². The minimum atomic E-state index is 0.821. The van der Waals surface area contributed by atoms with Crippen molar-refractivity contribution in [3.8, 4) is 0 Å². The summed E-state index contributed by atoms with van der Waals surface area (Å²) in [5.74, 6) is 0.821. The third-order valence-electron chi connectivity index (χ3n) is 2.24. The molecule has 2 heteroatoms. The molecule has 16 heavy (non-hydrogen) atoms.